The largest absolute Gasteiger partial charge is 0.376 e. The molecule has 4 rings (SSSR count). The van der Waals surface area contributed by atoms with Gasteiger partial charge in [0, 0.05) is 12.0 Å². The zero-order chi connectivity index (χ0) is 15.5. The van der Waals surface area contributed by atoms with Crippen LogP contribution < -0.4 is 4.80 Å². The first-order chi connectivity index (χ1) is 11.4. The molecular weight excluding hydrogens is 324 g/mol. The summed E-state index contributed by atoms with van der Waals surface area (Å²) in [7, 11) is 0. The summed E-state index contributed by atoms with van der Waals surface area (Å²) < 4.78 is 8.17. The van der Waals surface area contributed by atoms with Crippen molar-refractivity contribution in [2.75, 3.05) is 6.61 Å². The summed E-state index contributed by atoms with van der Waals surface area (Å²) in [5, 5.41) is 4.33. The first-order valence-corrected chi connectivity index (χ1v) is 9.60. The van der Waals surface area contributed by atoms with Crippen molar-refractivity contribution in [3.05, 3.63) is 58.0 Å². The molecule has 3 nitrogen and oxygen atoms in total. The van der Waals surface area contributed by atoms with Gasteiger partial charge in [-0.1, -0.05) is 24.3 Å². The molecule has 118 valence electrons. The van der Waals surface area contributed by atoms with E-state index in [2.05, 4.69) is 27.5 Å². The van der Waals surface area contributed by atoms with E-state index in [1.165, 1.54) is 10.6 Å². The minimum Gasteiger partial charge on any atom is -0.376 e. The number of benzene rings is 1. The molecule has 0 spiro atoms. The molecule has 0 bridgehead atoms. The predicted octanol–water partition coefficient (Wildman–Crippen LogP) is 4.69. The van der Waals surface area contributed by atoms with Crippen molar-refractivity contribution >= 4 is 28.4 Å². The first kappa shape index (κ1) is 14.9. The van der Waals surface area contributed by atoms with Crippen LogP contribution in [0, 0.1) is 0 Å². The number of ether oxygens (including phenoxy) is 1. The van der Waals surface area contributed by atoms with Gasteiger partial charge in [0.15, 0.2) is 4.80 Å². The third kappa shape index (κ3) is 3.32. The van der Waals surface area contributed by atoms with Gasteiger partial charge in [0.1, 0.15) is 0 Å². The number of nitrogens with zero attached hydrogens (tertiary/aromatic N) is 2. The Balaban J connectivity index is 1.77. The zero-order valence-corrected chi connectivity index (χ0v) is 14.4. The van der Waals surface area contributed by atoms with E-state index >= 15 is 0 Å². The van der Waals surface area contributed by atoms with Crippen LogP contribution >= 0.6 is 22.7 Å². The molecule has 1 aromatic carbocycles. The standard InChI is InChI=1S/C18H18N2OS2/c1-2-6-14(7-3-1)19-18-20(12-15-8-4-10-21-15)16(13-23-18)17-9-5-11-22-17/h1-3,5-7,9,11,13,15H,4,8,10,12H2. The fourth-order valence-corrected chi connectivity index (χ4v) is 4.58. The highest BCUT2D eigenvalue weighted by Gasteiger charge is 2.19. The third-order valence-corrected chi connectivity index (χ3v) is 5.72. The van der Waals surface area contributed by atoms with Gasteiger partial charge in [-0.3, -0.25) is 0 Å². The Kier molecular flexibility index (Phi) is 4.41. The quantitative estimate of drug-likeness (QED) is 0.675. The summed E-state index contributed by atoms with van der Waals surface area (Å²) in [5.41, 5.74) is 2.24. The van der Waals surface area contributed by atoms with E-state index in [9.17, 15) is 0 Å². The van der Waals surface area contributed by atoms with Crippen LogP contribution in [0.5, 0.6) is 0 Å². The van der Waals surface area contributed by atoms with Crippen LogP contribution in [0.15, 0.2) is 58.2 Å². The van der Waals surface area contributed by atoms with Gasteiger partial charge < -0.3 is 9.30 Å². The van der Waals surface area contributed by atoms with Crippen molar-refractivity contribution in [1.82, 2.24) is 4.57 Å². The van der Waals surface area contributed by atoms with Crippen molar-refractivity contribution in [1.29, 1.82) is 0 Å². The number of thiophene rings is 1. The summed E-state index contributed by atoms with van der Waals surface area (Å²) in [4.78, 5) is 7.17. The highest BCUT2D eigenvalue weighted by atomic mass is 32.1. The van der Waals surface area contributed by atoms with Crippen LogP contribution in [0.4, 0.5) is 5.69 Å². The summed E-state index contributed by atoms with van der Waals surface area (Å²) >= 11 is 3.47. The number of hydrogen-bond donors (Lipinski definition) is 0. The second-order valence-corrected chi connectivity index (χ2v) is 7.36. The lowest BCUT2D eigenvalue weighted by Crippen LogP contribution is -2.23. The molecule has 0 amide bonds. The van der Waals surface area contributed by atoms with Gasteiger partial charge in [-0.05, 0) is 36.4 Å². The molecule has 0 N–H and O–H groups in total. The smallest absolute Gasteiger partial charge is 0.190 e. The van der Waals surface area contributed by atoms with E-state index in [-0.39, 0.29) is 0 Å². The Labute approximate surface area is 143 Å². The van der Waals surface area contributed by atoms with E-state index in [1.807, 2.05) is 30.3 Å². The van der Waals surface area contributed by atoms with Crippen LogP contribution in [0.3, 0.4) is 0 Å². The van der Waals surface area contributed by atoms with Crippen molar-refractivity contribution < 1.29 is 4.74 Å². The molecule has 1 aliphatic heterocycles. The van der Waals surface area contributed by atoms with Crippen molar-refractivity contribution in [3.8, 4) is 10.6 Å². The SMILES string of the molecule is c1ccc(N=c2scc(-c3cccs3)n2CC2CCCO2)cc1. The topological polar surface area (TPSA) is 26.5 Å². The van der Waals surface area contributed by atoms with Gasteiger partial charge in [0.2, 0.25) is 0 Å². The first-order valence-electron chi connectivity index (χ1n) is 7.84. The number of hydrogen-bond acceptors (Lipinski definition) is 4. The van der Waals surface area contributed by atoms with E-state index < -0.39 is 0 Å². The lowest BCUT2D eigenvalue weighted by atomic mass is 10.2. The Morgan fingerprint density at radius 2 is 2.04 bits per heavy atom. The lowest BCUT2D eigenvalue weighted by molar-refractivity contribution is 0.0968. The molecule has 3 aromatic rings. The molecule has 5 heteroatoms. The monoisotopic (exact) mass is 342 g/mol. The third-order valence-electron chi connectivity index (χ3n) is 3.96. The molecule has 1 saturated heterocycles. The fraction of sp³-hybridized carbons (Fsp3) is 0.278. The maximum absolute atomic E-state index is 5.85. The molecular formula is C18H18N2OS2. The molecule has 0 aliphatic carbocycles. The fourth-order valence-electron chi connectivity index (χ4n) is 2.82. The van der Waals surface area contributed by atoms with Crippen molar-refractivity contribution in [2.45, 2.75) is 25.5 Å². The van der Waals surface area contributed by atoms with Crippen molar-refractivity contribution in [2.24, 2.45) is 4.99 Å². The number of aromatic nitrogens is 1. The van der Waals surface area contributed by atoms with E-state index in [0.717, 1.165) is 36.5 Å². The Morgan fingerprint density at radius 1 is 1.13 bits per heavy atom. The number of para-hydroxylation sites is 1. The maximum Gasteiger partial charge on any atom is 0.190 e. The summed E-state index contributed by atoms with van der Waals surface area (Å²) in [6, 6.07) is 14.4. The van der Waals surface area contributed by atoms with E-state index in [0.29, 0.717) is 6.10 Å². The molecule has 3 heterocycles. The minimum absolute atomic E-state index is 0.304. The van der Waals surface area contributed by atoms with Crippen LogP contribution in [0.25, 0.3) is 10.6 Å². The van der Waals surface area contributed by atoms with Crippen molar-refractivity contribution in [3.63, 3.8) is 0 Å². The van der Waals surface area contributed by atoms with Crippen LogP contribution in [-0.4, -0.2) is 17.3 Å². The Hall–Kier alpha value is -1.69. The second kappa shape index (κ2) is 6.83. The highest BCUT2D eigenvalue weighted by molar-refractivity contribution is 7.14. The maximum atomic E-state index is 5.85. The Bertz CT molecular complexity index is 812. The predicted molar refractivity (Wildman–Crippen MR) is 96.3 cm³/mol. The average Bonchev–Trinajstić information content (AvgIpc) is 3.32. The van der Waals surface area contributed by atoms with Crippen LogP contribution in [0.2, 0.25) is 0 Å². The molecule has 1 unspecified atom stereocenters. The molecule has 1 fully saturated rings. The molecule has 23 heavy (non-hydrogen) atoms. The molecule has 1 atom stereocenters. The second-order valence-electron chi connectivity index (χ2n) is 5.57. The van der Waals surface area contributed by atoms with Gasteiger partial charge in [0.05, 0.1) is 28.9 Å². The van der Waals surface area contributed by atoms with Gasteiger partial charge in [-0.15, -0.1) is 22.7 Å². The van der Waals surface area contributed by atoms with Gasteiger partial charge in [-0.25, -0.2) is 4.99 Å². The molecule has 1 aliphatic rings. The van der Waals surface area contributed by atoms with Gasteiger partial charge in [-0.2, -0.15) is 0 Å². The lowest BCUT2D eigenvalue weighted by Gasteiger charge is -2.13. The van der Waals surface area contributed by atoms with Crippen LogP contribution in [-0.2, 0) is 11.3 Å². The normalized spacial score (nSPS) is 18.6. The van der Waals surface area contributed by atoms with E-state index in [1.54, 1.807) is 22.7 Å². The molecule has 0 radical (unpaired) electrons. The number of rotatable bonds is 4. The van der Waals surface area contributed by atoms with Crippen LogP contribution in [0.1, 0.15) is 12.8 Å². The average molecular weight is 342 g/mol. The summed E-state index contributed by atoms with van der Waals surface area (Å²) in [6.07, 6.45) is 2.60. The van der Waals surface area contributed by atoms with E-state index in [4.69, 9.17) is 9.73 Å². The number of thiazole rings is 1. The minimum atomic E-state index is 0.304. The molecule has 0 saturated carbocycles. The highest BCUT2D eigenvalue weighted by Crippen LogP contribution is 2.27. The summed E-state index contributed by atoms with van der Waals surface area (Å²) in [5.74, 6) is 0. The Morgan fingerprint density at radius 3 is 2.78 bits per heavy atom. The van der Waals surface area contributed by atoms with Gasteiger partial charge in [0.25, 0.3) is 0 Å². The molecule has 2 aromatic heterocycles. The zero-order valence-electron chi connectivity index (χ0n) is 12.7. The van der Waals surface area contributed by atoms with Gasteiger partial charge >= 0.3 is 0 Å². The summed E-state index contributed by atoms with van der Waals surface area (Å²) in [6.45, 7) is 1.76.